The van der Waals surface area contributed by atoms with Crippen molar-refractivity contribution in [2.75, 3.05) is 17.3 Å². The van der Waals surface area contributed by atoms with Gasteiger partial charge in [-0.2, -0.15) is 23.5 Å². The molecule has 1 saturated heterocycles. The highest BCUT2D eigenvalue weighted by Crippen LogP contribution is 2.46. The van der Waals surface area contributed by atoms with Crippen molar-refractivity contribution >= 4 is 23.5 Å². The maximum absolute atomic E-state index is 2.36. The van der Waals surface area contributed by atoms with Gasteiger partial charge in [-0.25, -0.2) is 0 Å². The number of hydrogen-bond donors (Lipinski definition) is 0. The van der Waals surface area contributed by atoms with Crippen molar-refractivity contribution in [1.29, 1.82) is 0 Å². The summed E-state index contributed by atoms with van der Waals surface area (Å²) in [5.74, 6) is 4.10. The third-order valence-electron chi connectivity index (χ3n) is 1.39. The fourth-order valence-corrected chi connectivity index (χ4v) is 2.67. The first-order valence-electron chi connectivity index (χ1n) is 3.48. The molecule has 1 rings (SSSR count). The summed E-state index contributed by atoms with van der Waals surface area (Å²) in [6, 6.07) is 0. The van der Waals surface area contributed by atoms with Crippen LogP contribution >= 0.6 is 23.5 Å². The van der Waals surface area contributed by atoms with E-state index in [2.05, 4.69) is 37.4 Å². The molecule has 2 heteroatoms. The molecule has 1 fully saturated rings. The second-order valence-corrected chi connectivity index (χ2v) is 5.46. The van der Waals surface area contributed by atoms with E-state index in [0.29, 0.717) is 4.75 Å². The van der Waals surface area contributed by atoms with Crippen LogP contribution in [-0.4, -0.2) is 22.0 Å². The molecule has 1 unspecified atom stereocenters. The van der Waals surface area contributed by atoms with Crippen LogP contribution in [0.2, 0.25) is 0 Å². The molecular formula is C7H14S2. The minimum Gasteiger partial charge on any atom is -0.161 e. The van der Waals surface area contributed by atoms with E-state index in [1.54, 1.807) is 0 Å². The lowest BCUT2D eigenvalue weighted by atomic mass is 10.3. The Morgan fingerprint density at radius 1 is 1.67 bits per heavy atom. The van der Waals surface area contributed by atoms with E-state index in [-0.39, 0.29) is 0 Å². The molecule has 9 heavy (non-hydrogen) atoms. The van der Waals surface area contributed by atoms with Gasteiger partial charge in [0, 0.05) is 16.3 Å². The Bertz CT molecular complexity index is 86.9. The Kier molecular flexibility index (Phi) is 2.77. The van der Waals surface area contributed by atoms with Crippen LogP contribution in [0.3, 0.4) is 0 Å². The van der Waals surface area contributed by atoms with Crippen LogP contribution in [0.5, 0.6) is 0 Å². The third kappa shape index (κ3) is 2.85. The molecule has 54 valence electrons. The number of thioether (sulfide) groups is 2. The summed E-state index contributed by atoms with van der Waals surface area (Å²) in [5.41, 5.74) is 0. The standard InChI is InChI=1S/C7H14S2/c1-3-4-8-5-7(2)6-9-7/h3-6H2,1-2H3. The summed E-state index contributed by atoms with van der Waals surface area (Å²) in [5, 5.41) is 0. The molecular weight excluding hydrogens is 148 g/mol. The van der Waals surface area contributed by atoms with E-state index in [0.717, 1.165) is 0 Å². The zero-order chi connectivity index (χ0) is 6.74. The first kappa shape index (κ1) is 7.80. The highest BCUT2D eigenvalue weighted by molar-refractivity contribution is 8.09. The molecule has 0 aromatic carbocycles. The smallest absolute Gasteiger partial charge is 0.0313 e. The minimum absolute atomic E-state index is 0.680. The summed E-state index contributed by atoms with van der Waals surface area (Å²) in [6.07, 6.45) is 1.32. The van der Waals surface area contributed by atoms with E-state index >= 15 is 0 Å². The SMILES string of the molecule is CCCSCC1(C)CS1. The van der Waals surface area contributed by atoms with Crippen LogP contribution in [0.25, 0.3) is 0 Å². The van der Waals surface area contributed by atoms with Crippen LogP contribution in [0, 0.1) is 0 Å². The summed E-state index contributed by atoms with van der Waals surface area (Å²) >= 11 is 4.20. The molecule has 0 amide bonds. The highest BCUT2D eigenvalue weighted by Gasteiger charge is 2.37. The molecule has 1 aliphatic rings. The lowest BCUT2D eigenvalue weighted by Gasteiger charge is -2.03. The quantitative estimate of drug-likeness (QED) is 0.460. The van der Waals surface area contributed by atoms with Crippen molar-refractivity contribution in [2.24, 2.45) is 0 Å². The molecule has 0 nitrogen and oxygen atoms in total. The van der Waals surface area contributed by atoms with Crippen LogP contribution < -0.4 is 0 Å². The van der Waals surface area contributed by atoms with Gasteiger partial charge >= 0.3 is 0 Å². The summed E-state index contributed by atoms with van der Waals surface area (Å²) < 4.78 is 0.680. The largest absolute Gasteiger partial charge is 0.161 e. The van der Waals surface area contributed by atoms with Crippen LogP contribution in [0.4, 0.5) is 0 Å². The minimum atomic E-state index is 0.680. The fourth-order valence-electron chi connectivity index (χ4n) is 0.639. The van der Waals surface area contributed by atoms with Gasteiger partial charge in [0.05, 0.1) is 0 Å². The van der Waals surface area contributed by atoms with Gasteiger partial charge in [-0.3, -0.25) is 0 Å². The summed E-state index contributed by atoms with van der Waals surface area (Å²) in [7, 11) is 0. The predicted molar refractivity (Wildman–Crippen MR) is 48.5 cm³/mol. The van der Waals surface area contributed by atoms with Gasteiger partial charge in [0.1, 0.15) is 0 Å². The Balaban J connectivity index is 1.92. The van der Waals surface area contributed by atoms with Gasteiger partial charge in [0.2, 0.25) is 0 Å². The Labute approximate surface area is 66.2 Å². The Morgan fingerprint density at radius 3 is 2.78 bits per heavy atom. The molecule has 0 bridgehead atoms. The van der Waals surface area contributed by atoms with Gasteiger partial charge < -0.3 is 0 Å². The number of hydrogen-bond acceptors (Lipinski definition) is 2. The zero-order valence-electron chi connectivity index (χ0n) is 6.14. The Hall–Kier alpha value is 0.700. The molecule has 1 atom stereocenters. The van der Waals surface area contributed by atoms with Gasteiger partial charge in [0.15, 0.2) is 0 Å². The van der Waals surface area contributed by atoms with Gasteiger partial charge in [-0.1, -0.05) is 6.92 Å². The van der Waals surface area contributed by atoms with Crippen molar-refractivity contribution < 1.29 is 0 Å². The van der Waals surface area contributed by atoms with Gasteiger partial charge in [-0.05, 0) is 19.1 Å². The van der Waals surface area contributed by atoms with Crippen molar-refractivity contribution in [3.63, 3.8) is 0 Å². The maximum atomic E-state index is 2.36. The van der Waals surface area contributed by atoms with Crippen molar-refractivity contribution in [1.82, 2.24) is 0 Å². The third-order valence-corrected chi connectivity index (χ3v) is 4.53. The van der Waals surface area contributed by atoms with E-state index < -0.39 is 0 Å². The predicted octanol–water partition coefficient (Wildman–Crippen LogP) is 2.64. The molecule has 1 aliphatic heterocycles. The monoisotopic (exact) mass is 162 g/mol. The van der Waals surface area contributed by atoms with Crippen LogP contribution in [-0.2, 0) is 0 Å². The first-order chi connectivity index (χ1) is 4.27. The van der Waals surface area contributed by atoms with Crippen molar-refractivity contribution in [3.8, 4) is 0 Å². The molecule has 1 heterocycles. The second kappa shape index (κ2) is 3.20. The maximum Gasteiger partial charge on any atom is 0.0313 e. The highest BCUT2D eigenvalue weighted by atomic mass is 32.2. The average molecular weight is 162 g/mol. The van der Waals surface area contributed by atoms with Crippen LogP contribution in [0.15, 0.2) is 0 Å². The zero-order valence-corrected chi connectivity index (χ0v) is 7.78. The van der Waals surface area contributed by atoms with E-state index in [1.165, 1.54) is 23.7 Å². The van der Waals surface area contributed by atoms with Gasteiger partial charge in [0.25, 0.3) is 0 Å². The fraction of sp³-hybridized carbons (Fsp3) is 1.00. The topological polar surface area (TPSA) is 0 Å². The van der Waals surface area contributed by atoms with Crippen molar-refractivity contribution in [2.45, 2.75) is 25.0 Å². The van der Waals surface area contributed by atoms with E-state index in [9.17, 15) is 0 Å². The number of rotatable bonds is 4. The lowest BCUT2D eigenvalue weighted by Crippen LogP contribution is -2.05. The molecule has 0 spiro atoms. The van der Waals surface area contributed by atoms with Gasteiger partial charge in [-0.15, -0.1) is 0 Å². The molecule has 0 aliphatic carbocycles. The van der Waals surface area contributed by atoms with E-state index in [4.69, 9.17) is 0 Å². The van der Waals surface area contributed by atoms with E-state index in [1.807, 2.05) is 0 Å². The Morgan fingerprint density at radius 2 is 2.33 bits per heavy atom. The molecule has 0 radical (unpaired) electrons. The molecule has 0 aromatic heterocycles. The second-order valence-electron chi connectivity index (χ2n) is 2.79. The first-order valence-corrected chi connectivity index (χ1v) is 5.62. The summed E-state index contributed by atoms with van der Waals surface area (Å²) in [6.45, 7) is 4.61. The molecule has 0 aromatic rings. The summed E-state index contributed by atoms with van der Waals surface area (Å²) in [4.78, 5) is 0. The molecule has 0 N–H and O–H groups in total. The van der Waals surface area contributed by atoms with Crippen molar-refractivity contribution in [3.05, 3.63) is 0 Å². The van der Waals surface area contributed by atoms with Crippen LogP contribution in [0.1, 0.15) is 20.3 Å². The molecule has 0 saturated carbocycles. The lowest BCUT2D eigenvalue weighted by molar-refractivity contribution is 0.918. The normalized spacial score (nSPS) is 32.7. The average Bonchev–Trinajstić information content (AvgIpc) is 2.50.